The van der Waals surface area contributed by atoms with E-state index in [1.54, 1.807) is 6.07 Å². The molecular formula is C12H13F3N2. The number of benzene rings is 1. The number of halogens is 3. The van der Waals surface area contributed by atoms with E-state index in [0.717, 1.165) is 15.6 Å². The molecule has 1 aromatic heterocycles. The Bertz CT molecular complexity index is 526. The Balaban J connectivity index is 2.42. The van der Waals surface area contributed by atoms with Crippen LogP contribution < -0.4 is 0 Å². The third-order valence-corrected chi connectivity index (χ3v) is 2.66. The number of alkyl halides is 3. The van der Waals surface area contributed by atoms with Crippen LogP contribution in [0, 0.1) is 0 Å². The summed E-state index contributed by atoms with van der Waals surface area (Å²) in [6, 6.07) is 5.44. The molecule has 0 unspecified atom stereocenters. The fraction of sp³-hybridized carbons (Fsp3) is 0.417. The van der Waals surface area contributed by atoms with E-state index in [-0.39, 0.29) is 0 Å². The maximum Gasteiger partial charge on any atom is 0.408 e. The minimum Gasteiger partial charge on any atom is -0.256 e. The van der Waals surface area contributed by atoms with Crippen LogP contribution in [0.15, 0.2) is 24.4 Å². The van der Waals surface area contributed by atoms with Gasteiger partial charge in [0.15, 0.2) is 0 Å². The Kier molecular flexibility index (Phi) is 2.85. The first-order valence-electron chi connectivity index (χ1n) is 5.39. The Morgan fingerprint density at radius 1 is 1.29 bits per heavy atom. The highest BCUT2D eigenvalue weighted by Gasteiger charge is 2.29. The van der Waals surface area contributed by atoms with Gasteiger partial charge in [-0.3, -0.25) is 4.68 Å². The summed E-state index contributed by atoms with van der Waals surface area (Å²) in [6.45, 7) is 3.04. The smallest absolute Gasteiger partial charge is 0.256 e. The molecule has 0 bridgehead atoms. The minimum atomic E-state index is -4.24. The zero-order chi connectivity index (χ0) is 12.6. The van der Waals surface area contributed by atoms with Gasteiger partial charge in [0.2, 0.25) is 0 Å². The molecule has 0 aliphatic carbocycles. The van der Waals surface area contributed by atoms with E-state index in [1.807, 2.05) is 26.0 Å². The van der Waals surface area contributed by atoms with Crippen LogP contribution in [0.3, 0.4) is 0 Å². The summed E-state index contributed by atoms with van der Waals surface area (Å²) in [6.07, 6.45) is -2.76. The minimum absolute atomic E-state index is 0.352. The van der Waals surface area contributed by atoms with Gasteiger partial charge in [0.25, 0.3) is 0 Å². The van der Waals surface area contributed by atoms with Crippen LogP contribution in [0.25, 0.3) is 10.9 Å². The second kappa shape index (κ2) is 4.05. The van der Waals surface area contributed by atoms with Crippen LogP contribution in [0.1, 0.15) is 25.3 Å². The third-order valence-electron chi connectivity index (χ3n) is 2.66. The van der Waals surface area contributed by atoms with Crippen LogP contribution in [0.2, 0.25) is 0 Å². The number of hydrogen-bond donors (Lipinski definition) is 0. The standard InChI is InChI=1S/C12H13F3N2/c1-8(2)9-3-4-11-10(5-9)6-16-17(11)7-12(13,14)15/h3-6,8H,7H2,1-2H3. The molecule has 0 radical (unpaired) electrons. The van der Waals surface area contributed by atoms with Crippen molar-refractivity contribution in [2.24, 2.45) is 0 Å². The molecule has 2 aromatic rings. The average Bonchev–Trinajstić information content (AvgIpc) is 2.58. The molecular weight excluding hydrogens is 229 g/mol. The van der Waals surface area contributed by atoms with E-state index in [1.165, 1.54) is 6.20 Å². The van der Waals surface area contributed by atoms with Crippen molar-refractivity contribution < 1.29 is 13.2 Å². The zero-order valence-corrected chi connectivity index (χ0v) is 9.62. The van der Waals surface area contributed by atoms with Gasteiger partial charge in [-0.25, -0.2) is 0 Å². The van der Waals surface area contributed by atoms with E-state index in [9.17, 15) is 13.2 Å². The molecule has 2 rings (SSSR count). The summed E-state index contributed by atoms with van der Waals surface area (Å²) in [5.74, 6) is 0.352. The summed E-state index contributed by atoms with van der Waals surface area (Å²) in [7, 11) is 0. The predicted octanol–water partition coefficient (Wildman–Crippen LogP) is 3.72. The van der Waals surface area contributed by atoms with E-state index in [0.29, 0.717) is 11.4 Å². The number of aromatic nitrogens is 2. The zero-order valence-electron chi connectivity index (χ0n) is 9.62. The molecule has 1 heterocycles. The highest BCUT2D eigenvalue weighted by Crippen LogP contribution is 2.24. The summed E-state index contributed by atoms with van der Waals surface area (Å²) < 4.78 is 37.9. The first kappa shape index (κ1) is 12.0. The van der Waals surface area contributed by atoms with Gasteiger partial charge in [0.1, 0.15) is 6.54 Å². The Morgan fingerprint density at radius 2 is 2.00 bits per heavy atom. The van der Waals surface area contributed by atoms with Gasteiger partial charge in [-0.2, -0.15) is 18.3 Å². The molecule has 92 valence electrons. The van der Waals surface area contributed by atoms with Crippen molar-refractivity contribution in [3.63, 3.8) is 0 Å². The molecule has 5 heteroatoms. The van der Waals surface area contributed by atoms with Crippen molar-refractivity contribution in [3.05, 3.63) is 30.0 Å². The second-order valence-electron chi connectivity index (χ2n) is 4.39. The SMILES string of the molecule is CC(C)c1ccc2c(cnn2CC(F)(F)F)c1. The molecule has 0 fully saturated rings. The molecule has 0 spiro atoms. The lowest BCUT2D eigenvalue weighted by molar-refractivity contribution is -0.141. The van der Waals surface area contributed by atoms with Crippen molar-refractivity contribution in [2.75, 3.05) is 0 Å². The molecule has 0 amide bonds. The van der Waals surface area contributed by atoms with Gasteiger partial charge in [0.05, 0.1) is 11.7 Å². The number of rotatable bonds is 2. The topological polar surface area (TPSA) is 17.8 Å². The van der Waals surface area contributed by atoms with Gasteiger partial charge in [-0.05, 0) is 23.6 Å². The van der Waals surface area contributed by atoms with E-state index in [4.69, 9.17) is 0 Å². The summed E-state index contributed by atoms with van der Waals surface area (Å²) in [4.78, 5) is 0. The summed E-state index contributed by atoms with van der Waals surface area (Å²) in [5.41, 5.74) is 1.62. The quantitative estimate of drug-likeness (QED) is 0.784. The lowest BCUT2D eigenvalue weighted by atomic mass is 10.0. The highest BCUT2D eigenvalue weighted by atomic mass is 19.4. The van der Waals surface area contributed by atoms with Crippen LogP contribution >= 0.6 is 0 Å². The van der Waals surface area contributed by atoms with Crippen LogP contribution in [-0.2, 0) is 6.54 Å². The Labute approximate surface area is 97.0 Å². The molecule has 17 heavy (non-hydrogen) atoms. The second-order valence-corrected chi connectivity index (χ2v) is 4.39. The molecule has 0 aliphatic heterocycles. The molecule has 2 nitrogen and oxygen atoms in total. The normalized spacial score (nSPS) is 12.6. The largest absolute Gasteiger partial charge is 0.408 e. The molecule has 0 N–H and O–H groups in total. The Morgan fingerprint density at radius 3 is 2.59 bits per heavy atom. The molecule has 0 atom stereocenters. The summed E-state index contributed by atoms with van der Waals surface area (Å²) in [5, 5.41) is 4.53. The number of nitrogens with zero attached hydrogens (tertiary/aromatic N) is 2. The summed E-state index contributed by atoms with van der Waals surface area (Å²) >= 11 is 0. The fourth-order valence-corrected chi connectivity index (χ4v) is 1.76. The van der Waals surface area contributed by atoms with E-state index >= 15 is 0 Å². The highest BCUT2D eigenvalue weighted by molar-refractivity contribution is 5.79. The van der Waals surface area contributed by atoms with Crippen LogP contribution in [0.5, 0.6) is 0 Å². The first-order valence-corrected chi connectivity index (χ1v) is 5.39. The van der Waals surface area contributed by atoms with Gasteiger partial charge < -0.3 is 0 Å². The van der Waals surface area contributed by atoms with E-state index in [2.05, 4.69) is 5.10 Å². The van der Waals surface area contributed by atoms with Gasteiger partial charge in [-0.15, -0.1) is 0 Å². The lowest BCUT2D eigenvalue weighted by Crippen LogP contribution is -2.18. The Hall–Kier alpha value is -1.52. The molecule has 0 saturated heterocycles. The van der Waals surface area contributed by atoms with Crippen molar-refractivity contribution in [3.8, 4) is 0 Å². The van der Waals surface area contributed by atoms with Crippen molar-refractivity contribution in [2.45, 2.75) is 32.5 Å². The first-order chi connectivity index (χ1) is 7.87. The van der Waals surface area contributed by atoms with Gasteiger partial charge >= 0.3 is 6.18 Å². The average molecular weight is 242 g/mol. The maximum atomic E-state index is 12.3. The van der Waals surface area contributed by atoms with E-state index < -0.39 is 12.7 Å². The van der Waals surface area contributed by atoms with Crippen molar-refractivity contribution in [1.29, 1.82) is 0 Å². The monoisotopic (exact) mass is 242 g/mol. The third kappa shape index (κ3) is 2.60. The van der Waals surface area contributed by atoms with Crippen molar-refractivity contribution >= 4 is 10.9 Å². The van der Waals surface area contributed by atoms with Crippen molar-refractivity contribution in [1.82, 2.24) is 9.78 Å². The fourth-order valence-electron chi connectivity index (χ4n) is 1.76. The maximum absolute atomic E-state index is 12.3. The van der Waals surface area contributed by atoms with Gasteiger partial charge in [-0.1, -0.05) is 19.9 Å². The molecule has 1 aromatic carbocycles. The molecule has 0 saturated carbocycles. The van der Waals surface area contributed by atoms with Gasteiger partial charge in [0, 0.05) is 5.39 Å². The molecule has 0 aliphatic rings. The van der Waals surface area contributed by atoms with Crippen LogP contribution in [0.4, 0.5) is 13.2 Å². The lowest BCUT2D eigenvalue weighted by Gasteiger charge is -2.08. The number of hydrogen-bond acceptors (Lipinski definition) is 1. The predicted molar refractivity (Wildman–Crippen MR) is 59.9 cm³/mol. The number of fused-ring (bicyclic) bond motifs is 1. The van der Waals surface area contributed by atoms with Crippen LogP contribution in [-0.4, -0.2) is 16.0 Å².